The highest BCUT2D eigenvalue weighted by Crippen LogP contribution is 2.30. The molecule has 0 saturated carbocycles. The lowest BCUT2D eigenvalue weighted by atomic mass is 10.0. The molecule has 146 valence electrons. The average Bonchev–Trinajstić information content (AvgIpc) is 3.25. The average molecular weight is 382 g/mol. The van der Waals surface area contributed by atoms with Gasteiger partial charge >= 0.3 is 0 Å². The molecule has 0 amide bonds. The third kappa shape index (κ3) is 4.22. The molecule has 8 heteroatoms. The van der Waals surface area contributed by atoms with E-state index in [2.05, 4.69) is 15.3 Å². The van der Waals surface area contributed by atoms with E-state index in [-0.39, 0.29) is 0 Å². The van der Waals surface area contributed by atoms with Crippen LogP contribution in [0.15, 0.2) is 54.2 Å². The summed E-state index contributed by atoms with van der Waals surface area (Å²) in [5, 5.41) is 12.3. The van der Waals surface area contributed by atoms with E-state index in [1.54, 1.807) is 33.1 Å². The number of hydrogen-bond donors (Lipinski definition) is 0. The van der Waals surface area contributed by atoms with Gasteiger partial charge in [0.05, 0.1) is 34.2 Å². The van der Waals surface area contributed by atoms with E-state index >= 15 is 0 Å². The maximum Gasteiger partial charge on any atom is 0.161 e. The van der Waals surface area contributed by atoms with Crippen LogP contribution in [0.25, 0.3) is 0 Å². The third-order valence-electron chi connectivity index (χ3n) is 4.18. The highest BCUT2D eigenvalue weighted by atomic mass is 16.5. The van der Waals surface area contributed by atoms with Gasteiger partial charge in [0.15, 0.2) is 23.0 Å². The van der Waals surface area contributed by atoms with E-state index in [1.165, 1.54) is 12.7 Å². The van der Waals surface area contributed by atoms with Crippen molar-refractivity contribution in [2.75, 3.05) is 28.4 Å². The number of hydrogen-bond acceptors (Lipinski definition) is 7. The first-order valence-electron chi connectivity index (χ1n) is 8.54. The molecule has 0 bridgehead atoms. The number of rotatable bonds is 8. The normalized spacial score (nSPS) is 11.2. The second kappa shape index (κ2) is 8.90. The van der Waals surface area contributed by atoms with Crippen LogP contribution in [-0.2, 0) is 6.42 Å². The van der Waals surface area contributed by atoms with Gasteiger partial charge in [-0.05, 0) is 35.9 Å². The summed E-state index contributed by atoms with van der Waals surface area (Å²) in [7, 11) is 6.43. The van der Waals surface area contributed by atoms with Crippen LogP contribution in [-0.4, -0.2) is 49.0 Å². The second-order valence-electron chi connectivity index (χ2n) is 5.82. The van der Waals surface area contributed by atoms with Crippen molar-refractivity contribution in [2.45, 2.75) is 6.42 Å². The minimum atomic E-state index is 0.550. The number of benzene rings is 2. The Morgan fingerprint density at radius 3 is 1.96 bits per heavy atom. The van der Waals surface area contributed by atoms with Crippen LogP contribution in [0.4, 0.5) is 0 Å². The van der Waals surface area contributed by atoms with Crippen LogP contribution in [0, 0.1) is 0 Å². The van der Waals surface area contributed by atoms with Gasteiger partial charge in [0.2, 0.25) is 0 Å². The number of ether oxygens (including phenoxy) is 4. The van der Waals surface area contributed by atoms with E-state index in [9.17, 15) is 0 Å². The maximum absolute atomic E-state index is 5.43. The lowest BCUT2D eigenvalue weighted by Crippen LogP contribution is -2.09. The lowest BCUT2D eigenvalue weighted by molar-refractivity contribution is 0.354. The van der Waals surface area contributed by atoms with E-state index in [4.69, 9.17) is 18.9 Å². The van der Waals surface area contributed by atoms with Gasteiger partial charge in [0.25, 0.3) is 0 Å². The second-order valence-corrected chi connectivity index (χ2v) is 5.82. The molecule has 3 rings (SSSR count). The fourth-order valence-electron chi connectivity index (χ4n) is 2.78. The predicted molar refractivity (Wildman–Crippen MR) is 105 cm³/mol. The molecule has 0 spiro atoms. The fourth-order valence-corrected chi connectivity index (χ4v) is 2.78. The molecule has 0 aliphatic rings. The molecule has 0 fully saturated rings. The Morgan fingerprint density at radius 2 is 1.36 bits per heavy atom. The van der Waals surface area contributed by atoms with Crippen LogP contribution in [0.3, 0.4) is 0 Å². The molecular formula is C20H22N4O4. The minimum absolute atomic E-state index is 0.550. The molecule has 0 radical (unpaired) electrons. The van der Waals surface area contributed by atoms with Crippen LogP contribution in [0.2, 0.25) is 0 Å². The first-order chi connectivity index (χ1) is 13.7. The van der Waals surface area contributed by atoms with Gasteiger partial charge in [-0.3, -0.25) is 0 Å². The Balaban J connectivity index is 2.02. The van der Waals surface area contributed by atoms with E-state index < -0.39 is 0 Å². The molecule has 0 saturated heterocycles. The Labute approximate surface area is 163 Å². The SMILES string of the molecule is COc1ccc(C/C(=N/n2cnnc2)c2ccc(OC)c(OC)c2)cc1OC. The quantitative estimate of drug-likeness (QED) is 0.558. The molecule has 0 atom stereocenters. The summed E-state index contributed by atoms with van der Waals surface area (Å²) >= 11 is 0. The minimum Gasteiger partial charge on any atom is -0.493 e. The summed E-state index contributed by atoms with van der Waals surface area (Å²) in [6, 6.07) is 11.5. The molecule has 0 aliphatic heterocycles. The topological polar surface area (TPSA) is 80.0 Å². The number of nitrogens with zero attached hydrogens (tertiary/aromatic N) is 4. The molecule has 1 heterocycles. The zero-order valence-corrected chi connectivity index (χ0v) is 16.2. The fraction of sp³-hybridized carbons (Fsp3) is 0.250. The van der Waals surface area contributed by atoms with Crippen molar-refractivity contribution < 1.29 is 18.9 Å². The smallest absolute Gasteiger partial charge is 0.161 e. The van der Waals surface area contributed by atoms with Crippen molar-refractivity contribution in [3.05, 3.63) is 60.2 Å². The van der Waals surface area contributed by atoms with Gasteiger partial charge < -0.3 is 18.9 Å². The van der Waals surface area contributed by atoms with Crippen LogP contribution in [0.1, 0.15) is 11.1 Å². The molecule has 3 aromatic rings. The molecule has 0 aliphatic carbocycles. The molecule has 0 N–H and O–H groups in total. The van der Waals surface area contributed by atoms with E-state index in [0.717, 1.165) is 16.8 Å². The molecule has 1 aromatic heterocycles. The summed E-state index contributed by atoms with van der Waals surface area (Å²) in [5.74, 6) is 2.62. The molecule has 2 aromatic carbocycles. The highest BCUT2D eigenvalue weighted by Gasteiger charge is 2.13. The first-order valence-corrected chi connectivity index (χ1v) is 8.54. The zero-order valence-electron chi connectivity index (χ0n) is 16.2. The highest BCUT2D eigenvalue weighted by molar-refractivity contribution is 6.02. The Hall–Kier alpha value is -3.55. The molecule has 0 unspecified atom stereocenters. The molecular weight excluding hydrogens is 360 g/mol. The van der Waals surface area contributed by atoms with Crippen molar-refractivity contribution in [1.82, 2.24) is 14.9 Å². The Morgan fingerprint density at radius 1 is 0.786 bits per heavy atom. The van der Waals surface area contributed by atoms with Gasteiger partial charge in [-0.1, -0.05) is 6.07 Å². The van der Waals surface area contributed by atoms with Crippen LogP contribution < -0.4 is 18.9 Å². The van der Waals surface area contributed by atoms with Gasteiger partial charge in [-0.15, -0.1) is 10.2 Å². The van der Waals surface area contributed by atoms with Crippen molar-refractivity contribution in [2.24, 2.45) is 5.10 Å². The van der Waals surface area contributed by atoms with Gasteiger partial charge in [0, 0.05) is 12.0 Å². The van der Waals surface area contributed by atoms with Gasteiger partial charge in [0.1, 0.15) is 12.7 Å². The van der Waals surface area contributed by atoms with Crippen LogP contribution in [0.5, 0.6) is 23.0 Å². The first kappa shape index (κ1) is 19.2. The van der Waals surface area contributed by atoms with E-state index in [1.807, 2.05) is 36.4 Å². The Bertz CT molecular complexity index is 955. The summed E-state index contributed by atoms with van der Waals surface area (Å²) < 4.78 is 23.0. The summed E-state index contributed by atoms with van der Waals surface area (Å²) in [4.78, 5) is 0. The number of aromatic nitrogens is 3. The molecule has 28 heavy (non-hydrogen) atoms. The third-order valence-corrected chi connectivity index (χ3v) is 4.18. The predicted octanol–water partition coefficient (Wildman–Crippen LogP) is 2.81. The summed E-state index contributed by atoms with van der Waals surface area (Å²) in [5.41, 5.74) is 2.70. The van der Waals surface area contributed by atoms with E-state index in [0.29, 0.717) is 29.4 Å². The van der Waals surface area contributed by atoms with Crippen molar-refractivity contribution in [3.8, 4) is 23.0 Å². The summed E-state index contributed by atoms with van der Waals surface area (Å²) in [6.45, 7) is 0. The standard InChI is InChI=1S/C20H22N4O4/c1-25-17-7-5-14(10-19(17)27-3)9-16(23-24-12-21-22-13-24)15-6-8-18(26-2)20(11-15)28-4/h5-8,10-13H,9H2,1-4H3/b23-16-. The Kier molecular flexibility index (Phi) is 6.11. The largest absolute Gasteiger partial charge is 0.493 e. The van der Waals surface area contributed by atoms with Crippen molar-refractivity contribution in [1.29, 1.82) is 0 Å². The zero-order chi connectivity index (χ0) is 19.9. The maximum atomic E-state index is 5.43. The van der Waals surface area contributed by atoms with Crippen LogP contribution >= 0.6 is 0 Å². The lowest BCUT2D eigenvalue weighted by Gasteiger charge is -2.13. The van der Waals surface area contributed by atoms with Gasteiger partial charge in [-0.2, -0.15) is 5.10 Å². The number of methoxy groups -OCH3 is 4. The van der Waals surface area contributed by atoms with Gasteiger partial charge in [-0.25, -0.2) is 4.68 Å². The summed E-state index contributed by atoms with van der Waals surface area (Å²) in [6.07, 6.45) is 3.62. The molecule has 8 nitrogen and oxygen atoms in total. The monoisotopic (exact) mass is 382 g/mol. The van der Waals surface area contributed by atoms with Crippen molar-refractivity contribution in [3.63, 3.8) is 0 Å². The van der Waals surface area contributed by atoms with Crippen molar-refractivity contribution >= 4 is 5.71 Å².